The highest BCUT2D eigenvalue weighted by Crippen LogP contribution is 2.34. The molecule has 198 valence electrons. The summed E-state index contributed by atoms with van der Waals surface area (Å²) < 4.78 is 13.0. The summed E-state index contributed by atoms with van der Waals surface area (Å²) in [5, 5.41) is 12.7. The first-order chi connectivity index (χ1) is 17.1. The number of hydrogen-bond acceptors (Lipinski definition) is 6. The molecule has 36 heavy (non-hydrogen) atoms. The van der Waals surface area contributed by atoms with Crippen LogP contribution in [0.15, 0.2) is 34.8 Å². The van der Waals surface area contributed by atoms with Gasteiger partial charge in [-0.2, -0.15) is 0 Å². The van der Waals surface area contributed by atoms with E-state index in [4.69, 9.17) is 15.2 Å². The molecular formula is C28H40BrN3O4. The Hall–Kier alpha value is -2.29. The molecule has 2 aromatic carbocycles. The fourth-order valence-corrected chi connectivity index (χ4v) is 4.72. The summed E-state index contributed by atoms with van der Waals surface area (Å²) in [6, 6.07) is 10.1. The number of anilines is 1. The van der Waals surface area contributed by atoms with Crippen molar-refractivity contribution in [2.45, 2.75) is 53.0 Å². The summed E-state index contributed by atoms with van der Waals surface area (Å²) in [6.45, 7) is 12.0. The Morgan fingerprint density at radius 1 is 1.22 bits per heavy atom. The molecule has 0 radical (unpaired) electrons. The van der Waals surface area contributed by atoms with E-state index in [1.165, 1.54) is 0 Å². The predicted octanol–water partition coefficient (Wildman–Crippen LogP) is 4.32. The average Bonchev–Trinajstić information content (AvgIpc) is 3.21. The molecule has 0 saturated carbocycles. The number of halogens is 1. The molecule has 1 amide bonds. The minimum absolute atomic E-state index is 0.0558. The molecule has 0 saturated heterocycles. The van der Waals surface area contributed by atoms with Crippen molar-refractivity contribution in [2.75, 3.05) is 44.4 Å². The molecule has 7 nitrogen and oxygen atoms in total. The van der Waals surface area contributed by atoms with E-state index in [9.17, 15) is 9.90 Å². The van der Waals surface area contributed by atoms with Gasteiger partial charge in [-0.25, -0.2) is 0 Å². The van der Waals surface area contributed by atoms with E-state index in [1.54, 1.807) is 0 Å². The van der Waals surface area contributed by atoms with Crippen molar-refractivity contribution in [3.05, 3.63) is 51.5 Å². The minimum Gasteiger partial charge on any atom is -0.489 e. The zero-order chi connectivity index (χ0) is 26.3. The van der Waals surface area contributed by atoms with Gasteiger partial charge in [-0.05, 0) is 67.0 Å². The molecular weight excluding hydrogens is 522 g/mol. The van der Waals surface area contributed by atoms with Crippen LogP contribution in [0.25, 0.3) is 0 Å². The number of nitrogens with one attached hydrogen (secondary N) is 1. The molecule has 1 atom stereocenters. The number of benzene rings is 2. The van der Waals surface area contributed by atoms with Crippen LogP contribution in [0, 0.1) is 5.41 Å². The van der Waals surface area contributed by atoms with Crippen molar-refractivity contribution in [3.8, 4) is 11.5 Å². The lowest BCUT2D eigenvalue weighted by molar-refractivity contribution is 0.100. The van der Waals surface area contributed by atoms with E-state index in [2.05, 4.69) is 59.9 Å². The number of ether oxygens (including phenoxy) is 2. The predicted molar refractivity (Wildman–Crippen MR) is 148 cm³/mol. The first kappa shape index (κ1) is 28.3. The maximum absolute atomic E-state index is 12.2. The van der Waals surface area contributed by atoms with E-state index in [0.29, 0.717) is 31.7 Å². The van der Waals surface area contributed by atoms with Crippen molar-refractivity contribution >= 4 is 27.5 Å². The fraction of sp³-hybridized carbons (Fsp3) is 0.536. The third-order valence-corrected chi connectivity index (χ3v) is 6.52. The van der Waals surface area contributed by atoms with Crippen molar-refractivity contribution in [2.24, 2.45) is 11.1 Å². The van der Waals surface area contributed by atoms with Crippen LogP contribution in [-0.4, -0.2) is 56.5 Å². The third kappa shape index (κ3) is 8.11. The summed E-state index contributed by atoms with van der Waals surface area (Å²) in [7, 11) is 0. The Labute approximate surface area is 223 Å². The number of rotatable bonds is 13. The third-order valence-electron chi connectivity index (χ3n) is 6.03. The highest BCUT2D eigenvalue weighted by atomic mass is 79.9. The van der Waals surface area contributed by atoms with Crippen LogP contribution in [-0.2, 0) is 12.8 Å². The van der Waals surface area contributed by atoms with Crippen LogP contribution in [0.5, 0.6) is 11.5 Å². The lowest BCUT2D eigenvalue weighted by Gasteiger charge is -2.22. The Bertz CT molecular complexity index is 1040. The van der Waals surface area contributed by atoms with E-state index in [-0.39, 0.29) is 18.1 Å². The molecule has 0 aliphatic carbocycles. The van der Waals surface area contributed by atoms with Gasteiger partial charge in [-0.1, -0.05) is 42.8 Å². The monoisotopic (exact) mass is 561 g/mol. The molecule has 0 fully saturated rings. The van der Waals surface area contributed by atoms with Crippen molar-refractivity contribution in [1.29, 1.82) is 0 Å². The number of carbonyl (C=O) groups excluding carboxylic acids is 1. The van der Waals surface area contributed by atoms with Gasteiger partial charge in [0.25, 0.3) is 5.91 Å². The summed E-state index contributed by atoms with van der Waals surface area (Å²) in [4.78, 5) is 14.4. The molecule has 4 N–H and O–H groups in total. The highest BCUT2D eigenvalue weighted by molar-refractivity contribution is 9.10. The van der Waals surface area contributed by atoms with E-state index in [0.717, 1.165) is 58.7 Å². The topological polar surface area (TPSA) is 97.1 Å². The minimum atomic E-state index is -0.406. The smallest absolute Gasteiger partial charge is 0.250 e. The maximum atomic E-state index is 12.2. The number of carbonyl (C=O) groups is 1. The van der Waals surface area contributed by atoms with Gasteiger partial charge in [-0.3, -0.25) is 4.79 Å². The first-order valence-electron chi connectivity index (χ1n) is 12.7. The van der Waals surface area contributed by atoms with Gasteiger partial charge >= 0.3 is 0 Å². The molecule has 3 rings (SSSR count). The van der Waals surface area contributed by atoms with Crippen molar-refractivity contribution < 1.29 is 19.4 Å². The number of hydrogen-bond donors (Lipinski definition) is 3. The zero-order valence-corrected chi connectivity index (χ0v) is 23.5. The van der Waals surface area contributed by atoms with E-state index >= 15 is 0 Å². The van der Waals surface area contributed by atoms with Crippen LogP contribution in [0.4, 0.5) is 5.69 Å². The standard InChI is InChI=1S/C28H40BrN3O4/c1-19(31-9-13-35-24-7-6-22(29)17-25(24)36-18-28(2,3)4)14-20-15-21-8-11-32(10-5-12-33)26(21)23(16-20)27(30)34/h6-7,15-17,19,31,33H,5,8-14,18H2,1-4H3,(H2,30,34). The number of aliphatic hydroxyl groups is 1. The molecule has 0 spiro atoms. The second kappa shape index (κ2) is 12.8. The Morgan fingerprint density at radius 2 is 2.00 bits per heavy atom. The SMILES string of the molecule is CC(Cc1cc2c(c(C(N)=O)c1)N(CCCO)CC2)NCCOc1ccc(Br)cc1OCC(C)(C)C. The number of nitrogens with zero attached hydrogens (tertiary/aromatic N) is 1. The number of nitrogens with two attached hydrogens (primary N) is 1. The average molecular weight is 563 g/mol. The zero-order valence-electron chi connectivity index (χ0n) is 21.9. The summed E-state index contributed by atoms with van der Waals surface area (Å²) in [6.07, 6.45) is 2.34. The molecule has 1 unspecified atom stereocenters. The normalized spacial score (nSPS) is 14.0. The largest absolute Gasteiger partial charge is 0.489 e. The van der Waals surface area contributed by atoms with Gasteiger partial charge in [0.1, 0.15) is 6.61 Å². The van der Waals surface area contributed by atoms with E-state index < -0.39 is 5.91 Å². The summed E-state index contributed by atoms with van der Waals surface area (Å²) in [5.74, 6) is 1.06. The molecule has 2 aromatic rings. The van der Waals surface area contributed by atoms with Crippen molar-refractivity contribution in [1.82, 2.24) is 5.32 Å². The number of aliphatic hydroxyl groups excluding tert-OH is 1. The first-order valence-corrected chi connectivity index (χ1v) is 13.5. The molecule has 0 aromatic heterocycles. The lowest BCUT2D eigenvalue weighted by atomic mass is 9.98. The molecule has 0 bridgehead atoms. The van der Waals surface area contributed by atoms with Crippen LogP contribution >= 0.6 is 15.9 Å². The quantitative estimate of drug-likeness (QED) is 0.315. The lowest BCUT2D eigenvalue weighted by Crippen LogP contribution is -2.32. The second-order valence-corrected chi connectivity index (χ2v) is 11.6. The fourth-order valence-electron chi connectivity index (χ4n) is 4.38. The Balaban J connectivity index is 1.55. The number of fused-ring (bicyclic) bond motifs is 1. The van der Waals surface area contributed by atoms with Crippen molar-refractivity contribution in [3.63, 3.8) is 0 Å². The maximum Gasteiger partial charge on any atom is 0.250 e. The van der Waals surface area contributed by atoms with Gasteiger partial charge in [-0.15, -0.1) is 0 Å². The Morgan fingerprint density at radius 3 is 2.69 bits per heavy atom. The van der Waals surface area contributed by atoms with Crippen LogP contribution in [0.2, 0.25) is 0 Å². The van der Waals surface area contributed by atoms with Gasteiger partial charge in [0.05, 0.1) is 17.9 Å². The van der Waals surface area contributed by atoms with E-state index in [1.807, 2.05) is 24.3 Å². The molecule has 1 heterocycles. The molecule has 1 aliphatic heterocycles. The summed E-state index contributed by atoms with van der Waals surface area (Å²) >= 11 is 3.51. The van der Waals surface area contributed by atoms with Crippen LogP contribution < -0.4 is 25.4 Å². The van der Waals surface area contributed by atoms with Gasteiger partial charge in [0, 0.05) is 36.8 Å². The number of amides is 1. The number of primary amides is 1. The Kier molecular flexibility index (Phi) is 10.0. The van der Waals surface area contributed by atoms with Gasteiger partial charge < -0.3 is 30.5 Å². The molecule has 8 heteroatoms. The summed E-state index contributed by atoms with van der Waals surface area (Å²) in [5.41, 5.74) is 9.56. The highest BCUT2D eigenvalue weighted by Gasteiger charge is 2.25. The van der Waals surface area contributed by atoms with Crippen LogP contribution in [0.1, 0.15) is 55.6 Å². The van der Waals surface area contributed by atoms with Gasteiger partial charge in [0.15, 0.2) is 11.5 Å². The van der Waals surface area contributed by atoms with Crippen LogP contribution in [0.3, 0.4) is 0 Å². The second-order valence-electron chi connectivity index (χ2n) is 10.7. The van der Waals surface area contributed by atoms with Gasteiger partial charge in [0.2, 0.25) is 0 Å². The molecule has 1 aliphatic rings.